The first-order valence-corrected chi connectivity index (χ1v) is 5.65. The van der Waals surface area contributed by atoms with E-state index < -0.39 is 0 Å². The van der Waals surface area contributed by atoms with E-state index in [0.717, 1.165) is 11.3 Å². The average molecular weight is 199 g/mol. The second-order valence-corrected chi connectivity index (χ2v) is 4.48. The normalized spacial score (nSPS) is 22.6. The Kier molecular flexibility index (Phi) is 2.05. The summed E-state index contributed by atoms with van der Waals surface area (Å²) in [5.74, 6) is 3.30. The maximum atomic E-state index is 5.90. The van der Waals surface area contributed by atoms with Gasteiger partial charge in [-0.1, -0.05) is 31.5 Å². The van der Waals surface area contributed by atoms with E-state index in [4.69, 9.17) is 4.42 Å². The molecule has 15 heavy (non-hydrogen) atoms. The van der Waals surface area contributed by atoms with E-state index in [1.54, 1.807) is 5.92 Å². The molecule has 0 spiro atoms. The standard InChI is InChI=1S/C14H15O/c1-10-5-4-7-12(10)14-9-11-6-2-3-8-13(11)15-14/h2-3,6,8-9,12H,4-5,7H2,1H3. The average Bonchev–Trinajstić information content (AvgIpc) is 2.82. The molecule has 1 fully saturated rings. The van der Waals surface area contributed by atoms with E-state index in [1.807, 2.05) is 12.1 Å². The van der Waals surface area contributed by atoms with Crippen LogP contribution in [-0.4, -0.2) is 0 Å². The van der Waals surface area contributed by atoms with Crippen LogP contribution in [0, 0.1) is 5.92 Å². The van der Waals surface area contributed by atoms with Crippen molar-refractivity contribution in [1.29, 1.82) is 0 Å². The lowest BCUT2D eigenvalue weighted by molar-refractivity contribution is 0.505. The van der Waals surface area contributed by atoms with Crippen molar-refractivity contribution in [1.82, 2.24) is 0 Å². The summed E-state index contributed by atoms with van der Waals surface area (Å²) < 4.78 is 5.90. The van der Waals surface area contributed by atoms with E-state index in [1.165, 1.54) is 24.6 Å². The molecule has 1 aliphatic carbocycles. The molecule has 1 unspecified atom stereocenters. The minimum atomic E-state index is 0.567. The summed E-state index contributed by atoms with van der Waals surface area (Å²) in [5.41, 5.74) is 1.02. The zero-order valence-electron chi connectivity index (χ0n) is 8.99. The van der Waals surface area contributed by atoms with Crippen molar-refractivity contribution in [3.63, 3.8) is 0 Å². The van der Waals surface area contributed by atoms with Gasteiger partial charge >= 0.3 is 0 Å². The Hall–Kier alpha value is -1.24. The van der Waals surface area contributed by atoms with Crippen LogP contribution in [0.1, 0.15) is 37.9 Å². The molecule has 2 aromatic rings. The summed E-state index contributed by atoms with van der Waals surface area (Å²) in [7, 11) is 0. The monoisotopic (exact) mass is 199 g/mol. The third kappa shape index (κ3) is 1.46. The molecule has 1 heteroatoms. The molecule has 1 aromatic heterocycles. The molecule has 1 heterocycles. The molecular weight excluding hydrogens is 184 g/mol. The second-order valence-electron chi connectivity index (χ2n) is 4.48. The molecule has 1 aliphatic rings. The third-order valence-corrected chi connectivity index (χ3v) is 3.45. The quantitative estimate of drug-likeness (QED) is 0.667. The Bertz CT molecular complexity index is 436. The van der Waals surface area contributed by atoms with Crippen molar-refractivity contribution in [3.8, 4) is 0 Å². The van der Waals surface area contributed by atoms with E-state index in [-0.39, 0.29) is 0 Å². The van der Waals surface area contributed by atoms with Crippen molar-refractivity contribution < 1.29 is 4.42 Å². The van der Waals surface area contributed by atoms with Crippen LogP contribution in [0.5, 0.6) is 0 Å². The summed E-state index contributed by atoms with van der Waals surface area (Å²) in [6.45, 7) is 2.25. The molecular formula is C14H15O. The molecule has 0 aliphatic heterocycles. The third-order valence-electron chi connectivity index (χ3n) is 3.45. The van der Waals surface area contributed by atoms with Gasteiger partial charge in [-0.25, -0.2) is 0 Å². The van der Waals surface area contributed by atoms with Crippen molar-refractivity contribution in [2.45, 2.75) is 32.1 Å². The van der Waals surface area contributed by atoms with Crippen molar-refractivity contribution in [3.05, 3.63) is 42.0 Å². The van der Waals surface area contributed by atoms with Gasteiger partial charge in [-0.2, -0.15) is 0 Å². The van der Waals surface area contributed by atoms with E-state index in [2.05, 4.69) is 25.1 Å². The highest BCUT2D eigenvalue weighted by Crippen LogP contribution is 2.42. The lowest BCUT2D eigenvalue weighted by Gasteiger charge is -2.10. The SMILES string of the molecule is C[C]1CCCC1c1cc2ccccc2o1. The van der Waals surface area contributed by atoms with Crippen LogP contribution in [0.3, 0.4) is 0 Å². The van der Waals surface area contributed by atoms with E-state index >= 15 is 0 Å². The number of benzene rings is 1. The Morgan fingerprint density at radius 1 is 1.27 bits per heavy atom. The van der Waals surface area contributed by atoms with Gasteiger partial charge in [-0.15, -0.1) is 0 Å². The number of rotatable bonds is 1. The predicted octanol–water partition coefficient (Wildman–Crippen LogP) is 4.29. The van der Waals surface area contributed by atoms with Crippen LogP contribution in [-0.2, 0) is 0 Å². The van der Waals surface area contributed by atoms with Crippen LogP contribution < -0.4 is 0 Å². The maximum absolute atomic E-state index is 5.90. The zero-order valence-corrected chi connectivity index (χ0v) is 8.99. The molecule has 1 nitrogen and oxygen atoms in total. The summed E-state index contributed by atoms with van der Waals surface area (Å²) in [5, 5.41) is 1.23. The highest BCUT2D eigenvalue weighted by molar-refractivity contribution is 5.77. The zero-order chi connectivity index (χ0) is 10.3. The maximum Gasteiger partial charge on any atom is 0.134 e. The van der Waals surface area contributed by atoms with E-state index in [0.29, 0.717) is 5.92 Å². The number of hydrogen-bond donors (Lipinski definition) is 0. The van der Waals surface area contributed by atoms with Gasteiger partial charge in [-0.05, 0) is 30.9 Å². The lowest BCUT2D eigenvalue weighted by atomic mass is 9.95. The topological polar surface area (TPSA) is 13.1 Å². The number of hydrogen-bond acceptors (Lipinski definition) is 1. The molecule has 0 amide bonds. The van der Waals surface area contributed by atoms with Gasteiger partial charge in [0.15, 0.2) is 0 Å². The van der Waals surface area contributed by atoms with Crippen LogP contribution in [0.25, 0.3) is 11.0 Å². The Balaban J connectivity index is 2.04. The minimum absolute atomic E-state index is 0.567. The predicted molar refractivity (Wildman–Crippen MR) is 61.7 cm³/mol. The Labute approximate surface area is 90.1 Å². The van der Waals surface area contributed by atoms with Gasteiger partial charge in [0.05, 0.1) is 0 Å². The highest BCUT2D eigenvalue weighted by Gasteiger charge is 2.27. The summed E-state index contributed by atoms with van der Waals surface area (Å²) in [4.78, 5) is 0. The summed E-state index contributed by atoms with van der Waals surface area (Å²) in [6, 6.07) is 10.5. The van der Waals surface area contributed by atoms with E-state index in [9.17, 15) is 0 Å². The number of para-hydroxylation sites is 1. The van der Waals surface area contributed by atoms with Gasteiger partial charge in [0.2, 0.25) is 0 Å². The number of fused-ring (bicyclic) bond motifs is 1. The largest absolute Gasteiger partial charge is 0.461 e. The first kappa shape index (κ1) is 9.02. The highest BCUT2D eigenvalue weighted by atomic mass is 16.3. The van der Waals surface area contributed by atoms with Crippen molar-refractivity contribution in [2.24, 2.45) is 0 Å². The molecule has 1 radical (unpaired) electrons. The van der Waals surface area contributed by atoms with Crippen LogP contribution in [0.15, 0.2) is 34.7 Å². The Morgan fingerprint density at radius 2 is 2.13 bits per heavy atom. The number of furan rings is 1. The van der Waals surface area contributed by atoms with Gasteiger partial charge in [-0.3, -0.25) is 0 Å². The molecule has 0 saturated heterocycles. The smallest absolute Gasteiger partial charge is 0.134 e. The van der Waals surface area contributed by atoms with Gasteiger partial charge in [0.25, 0.3) is 0 Å². The second kappa shape index (κ2) is 3.41. The fourth-order valence-corrected chi connectivity index (χ4v) is 2.56. The summed E-state index contributed by atoms with van der Waals surface area (Å²) >= 11 is 0. The summed E-state index contributed by atoms with van der Waals surface area (Å²) in [6.07, 6.45) is 3.83. The first-order valence-electron chi connectivity index (χ1n) is 5.65. The molecule has 0 bridgehead atoms. The van der Waals surface area contributed by atoms with Gasteiger partial charge in [0, 0.05) is 11.3 Å². The lowest BCUT2D eigenvalue weighted by Crippen LogP contribution is -1.97. The van der Waals surface area contributed by atoms with Crippen LogP contribution in [0.4, 0.5) is 0 Å². The Morgan fingerprint density at radius 3 is 2.87 bits per heavy atom. The fourth-order valence-electron chi connectivity index (χ4n) is 2.56. The molecule has 1 aromatic carbocycles. The molecule has 77 valence electrons. The van der Waals surface area contributed by atoms with Crippen molar-refractivity contribution >= 4 is 11.0 Å². The van der Waals surface area contributed by atoms with Crippen molar-refractivity contribution in [2.75, 3.05) is 0 Å². The molecule has 3 rings (SSSR count). The molecule has 0 N–H and O–H groups in total. The van der Waals surface area contributed by atoms with Crippen LogP contribution >= 0.6 is 0 Å². The molecule has 1 saturated carbocycles. The molecule has 1 atom stereocenters. The first-order chi connectivity index (χ1) is 7.34. The fraction of sp³-hybridized carbons (Fsp3) is 0.357. The minimum Gasteiger partial charge on any atom is -0.461 e. The van der Waals surface area contributed by atoms with Gasteiger partial charge in [0.1, 0.15) is 11.3 Å². The van der Waals surface area contributed by atoms with Crippen LogP contribution in [0.2, 0.25) is 0 Å². The van der Waals surface area contributed by atoms with Gasteiger partial charge < -0.3 is 4.42 Å².